The molecule has 0 spiro atoms. The first-order chi connectivity index (χ1) is 16.0. The predicted octanol–water partition coefficient (Wildman–Crippen LogP) is 6.10. The number of anilines is 2. The van der Waals surface area contributed by atoms with Crippen molar-refractivity contribution in [1.29, 1.82) is 0 Å². The molecule has 1 aromatic heterocycles. The van der Waals surface area contributed by atoms with Crippen LogP contribution in [0.5, 0.6) is 11.5 Å². The Balaban J connectivity index is 1.49. The van der Waals surface area contributed by atoms with Crippen LogP contribution in [0.1, 0.15) is 18.9 Å². The Kier molecular flexibility index (Phi) is 7.00. The van der Waals surface area contributed by atoms with E-state index >= 15 is 0 Å². The summed E-state index contributed by atoms with van der Waals surface area (Å²) in [7, 11) is 0. The molecule has 4 rings (SSSR count). The van der Waals surface area contributed by atoms with Crippen molar-refractivity contribution in [3.63, 3.8) is 0 Å². The molecule has 6 nitrogen and oxygen atoms in total. The maximum Gasteiger partial charge on any atom is 0.141 e. The van der Waals surface area contributed by atoms with E-state index < -0.39 is 0 Å². The van der Waals surface area contributed by atoms with Crippen LogP contribution in [-0.2, 0) is 11.4 Å². The van der Waals surface area contributed by atoms with Gasteiger partial charge in [0.15, 0.2) is 0 Å². The number of rotatable bonds is 9. The van der Waals surface area contributed by atoms with E-state index in [1.807, 2.05) is 18.2 Å². The first-order valence-electron chi connectivity index (χ1n) is 10.3. The molecular formula is C25H21ClFN3O3. The molecule has 0 radical (unpaired) electrons. The molecule has 0 aliphatic rings. The zero-order valence-electron chi connectivity index (χ0n) is 17.8. The predicted molar refractivity (Wildman–Crippen MR) is 126 cm³/mol. The van der Waals surface area contributed by atoms with Crippen molar-refractivity contribution < 1.29 is 18.7 Å². The van der Waals surface area contributed by atoms with E-state index in [4.69, 9.17) is 21.1 Å². The van der Waals surface area contributed by atoms with Crippen LogP contribution >= 0.6 is 11.6 Å². The SMILES string of the molecule is CC(=O)CCOc1ccc2ncnc(Nc3ccc(OCc4cccc(F)c4)c(Cl)c3)c2c1. The molecule has 33 heavy (non-hydrogen) atoms. The minimum Gasteiger partial charge on any atom is -0.493 e. The third-order valence-electron chi connectivity index (χ3n) is 4.81. The Bertz CT molecular complexity index is 1300. The molecule has 0 amide bonds. The van der Waals surface area contributed by atoms with E-state index in [1.165, 1.54) is 25.4 Å². The summed E-state index contributed by atoms with van der Waals surface area (Å²) in [6.07, 6.45) is 1.82. The highest BCUT2D eigenvalue weighted by Gasteiger charge is 2.09. The number of carbonyl (C=O) groups excluding carboxylic acids is 1. The van der Waals surface area contributed by atoms with E-state index in [-0.39, 0.29) is 18.2 Å². The highest BCUT2D eigenvalue weighted by molar-refractivity contribution is 6.32. The summed E-state index contributed by atoms with van der Waals surface area (Å²) < 4.78 is 24.7. The third-order valence-corrected chi connectivity index (χ3v) is 5.10. The van der Waals surface area contributed by atoms with Gasteiger partial charge in [0.2, 0.25) is 0 Å². The van der Waals surface area contributed by atoms with Gasteiger partial charge in [-0.05, 0) is 61.0 Å². The third kappa shape index (κ3) is 5.96. The Labute approximate surface area is 195 Å². The van der Waals surface area contributed by atoms with Crippen molar-refractivity contribution in [2.75, 3.05) is 11.9 Å². The molecule has 0 bridgehead atoms. The molecular weight excluding hydrogens is 445 g/mol. The standard InChI is InChI=1S/C25H21ClFN3O3/c1-16(31)9-10-32-20-6-7-23-21(13-20)25(29-15-28-23)30-19-5-8-24(22(26)12-19)33-14-17-3-2-4-18(27)11-17/h2-8,11-13,15H,9-10,14H2,1H3,(H,28,29,30). The van der Waals surface area contributed by atoms with Crippen LogP contribution in [0.3, 0.4) is 0 Å². The van der Waals surface area contributed by atoms with Crippen LogP contribution in [0.15, 0.2) is 67.0 Å². The summed E-state index contributed by atoms with van der Waals surface area (Å²) in [6.45, 7) is 2.04. The summed E-state index contributed by atoms with van der Waals surface area (Å²) in [5.74, 6) is 1.45. The second kappa shape index (κ2) is 10.3. The number of hydrogen-bond donors (Lipinski definition) is 1. The number of Topliss-reactive ketones (excluding diaryl/α,β-unsaturated/α-hetero) is 1. The summed E-state index contributed by atoms with van der Waals surface area (Å²) in [5.41, 5.74) is 2.16. The topological polar surface area (TPSA) is 73.3 Å². The number of aromatic nitrogens is 2. The molecule has 0 atom stereocenters. The van der Waals surface area contributed by atoms with Crippen molar-refractivity contribution in [1.82, 2.24) is 9.97 Å². The number of halogens is 2. The Morgan fingerprint density at radius 2 is 1.94 bits per heavy atom. The molecule has 3 aromatic carbocycles. The van der Waals surface area contributed by atoms with Crippen LogP contribution < -0.4 is 14.8 Å². The molecule has 8 heteroatoms. The van der Waals surface area contributed by atoms with Gasteiger partial charge in [0, 0.05) is 17.5 Å². The normalized spacial score (nSPS) is 10.8. The molecule has 0 unspecified atom stereocenters. The molecule has 0 aliphatic carbocycles. The lowest BCUT2D eigenvalue weighted by atomic mass is 10.2. The zero-order chi connectivity index (χ0) is 23.2. The largest absolute Gasteiger partial charge is 0.493 e. The molecule has 0 saturated heterocycles. The van der Waals surface area contributed by atoms with E-state index in [0.29, 0.717) is 46.6 Å². The molecule has 0 saturated carbocycles. The number of hydrogen-bond acceptors (Lipinski definition) is 6. The van der Waals surface area contributed by atoms with Gasteiger partial charge in [-0.25, -0.2) is 14.4 Å². The maximum atomic E-state index is 13.3. The molecule has 168 valence electrons. The Morgan fingerprint density at radius 1 is 1.06 bits per heavy atom. The quantitative estimate of drug-likeness (QED) is 0.322. The Morgan fingerprint density at radius 3 is 2.73 bits per heavy atom. The van der Waals surface area contributed by atoms with Crippen LogP contribution in [0.4, 0.5) is 15.9 Å². The van der Waals surface area contributed by atoms with Crippen molar-refractivity contribution in [2.24, 2.45) is 0 Å². The molecule has 0 fully saturated rings. The number of nitrogens with one attached hydrogen (secondary N) is 1. The number of benzene rings is 3. The fraction of sp³-hybridized carbons (Fsp3) is 0.160. The summed E-state index contributed by atoms with van der Waals surface area (Å²) in [4.78, 5) is 19.8. The lowest BCUT2D eigenvalue weighted by Gasteiger charge is -2.12. The van der Waals surface area contributed by atoms with E-state index in [2.05, 4.69) is 15.3 Å². The average Bonchev–Trinajstić information content (AvgIpc) is 2.79. The second-order valence-corrected chi connectivity index (χ2v) is 7.80. The average molecular weight is 466 g/mol. The number of nitrogens with zero attached hydrogens (tertiary/aromatic N) is 2. The monoisotopic (exact) mass is 465 g/mol. The van der Waals surface area contributed by atoms with E-state index in [0.717, 1.165) is 10.9 Å². The van der Waals surface area contributed by atoms with E-state index in [9.17, 15) is 9.18 Å². The van der Waals surface area contributed by atoms with Gasteiger partial charge in [0.05, 0.1) is 17.1 Å². The van der Waals surface area contributed by atoms with Crippen LogP contribution in [0.25, 0.3) is 10.9 Å². The van der Waals surface area contributed by atoms with Gasteiger partial charge in [-0.2, -0.15) is 0 Å². The minimum atomic E-state index is -0.314. The highest BCUT2D eigenvalue weighted by atomic mass is 35.5. The van der Waals surface area contributed by atoms with Gasteiger partial charge >= 0.3 is 0 Å². The zero-order valence-corrected chi connectivity index (χ0v) is 18.6. The number of ether oxygens (including phenoxy) is 2. The van der Waals surface area contributed by atoms with Crippen LogP contribution in [-0.4, -0.2) is 22.4 Å². The molecule has 1 heterocycles. The minimum absolute atomic E-state index is 0.0710. The van der Waals surface area contributed by atoms with Crippen molar-refractivity contribution in [3.8, 4) is 11.5 Å². The number of ketones is 1. The maximum absolute atomic E-state index is 13.3. The van der Waals surface area contributed by atoms with Crippen molar-refractivity contribution in [2.45, 2.75) is 20.0 Å². The second-order valence-electron chi connectivity index (χ2n) is 7.39. The van der Waals surface area contributed by atoms with Gasteiger partial charge < -0.3 is 14.8 Å². The van der Waals surface area contributed by atoms with Crippen LogP contribution in [0.2, 0.25) is 5.02 Å². The fourth-order valence-corrected chi connectivity index (χ4v) is 3.39. The lowest BCUT2D eigenvalue weighted by molar-refractivity contribution is -0.117. The van der Waals surface area contributed by atoms with Gasteiger partial charge in [-0.15, -0.1) is 0 Å². The van der Waals surface area contributed by atoms with Gasteiger partial charge in [-0.1, -0.05) is 23.7 Å². The number of fused-ring (bicyclic) bond motifs is 1. The Hall–Kier alpha value is -3.71. The first-order valence-corrected chi connectivity index (χ1v) is 10.7. The van der Waals surface area contributed by atoms with Crippen LogP contribution in [0, 0.1) is 5.82 Å². The first kappa shape index (κ1) is 22.5. The summed E-state index contributed by atoms with van der Waals surface area (Å²) in [6, 6.07) is 17.0. The van der Waals surface area contributed by atoms with Crippen molar-refractivity contribution >= 4 is 39.8 Å². The molecule has 1 N–H and O–H groups in total. The fourth-order valence-electron chi connectivity index (χ4n) is 3.16. The van der Waals surface area contributed by atoms with Gasteiger partial charge in [0.1, 0.15) is 41.9 Å². The lowest BCUT2D eigenvalue weighted by Crippen LogP contribution is -2.03. The van der Waals surface area contributed by atoms with Gasteiger partial charge in [-0.3, -0.25) is 4.79 Å². The van der Waals surface area contributed by atoms with E-state index in [1.54, 1.807) is 30.3 Å². The highest BCUT2D eigenvalue weighted by Crippen LogP contribution is 2.32. The molecule has 4 aromatic rings. The number of carbonyl (C=O) groups is 1. The molecule has 0 aliphatic heterocycles. The summed E-state index contributed by atoms with van der Waals surface area (Å²) in [5, 5.41) is 4.42. The van der Waals surface area contributed by atoms with Crippen molar-refractivity contribution in [3.05, 3.63) is 83.4 Å². The van der Waals surface area contributed by atoms with Gasteiger partial charge in [0.25, 0.3) is 0 Å². The smallest absolute Gasteiger partial charge is 0.141 e. The summed E-state index contributed by atoms with van der Waals surface area (Å²) >= 11 is 6.40.